The fourth-order valence-electron chi connectivity index (χ4n) is 2.75. The van der Waals surface area contributed by atoms with E-state index in [0.717, 1.165) is 0 Å². The highest BCUT2D eigenvalue weighted by atomic mass is 32.2. The Hall–Kier alpha value is -3.27. The van der Waals surface area contributed by atoms with Crippen LogP contribution in [0.4, 0.5) is 5.69 Å². The first kappa shape index (κ1) is 21.4. The van der Waals surface area contributed by atoms with Crippen LogP contribution < -0.4 is 25.0 Å². The molecule has 0 spiro atoms. The number of anilines is 1. The molecule has 0 saturated carbocycles. The molecule has 0 fully saturated rings. The largest absolute Gasteiger partial charge is 0.486 e. The Bertz CT molecular complexity index is 1050. The molecule has 3 rings (SSSR count). The Balaban J connectivity index is 1.70. The first-order valence-corrected chi connectivity index (χ1v) is 10.8. The van der Waals surface area contributed by atoms with Gasteiger partial charge < -0.3 is 9.47 Å². The van der Waals surface area contributed by atoms with Crippen molar-refractivity contribution in [3.8, 4) is 11.5 Å². The van der Waals surface area contributed by atoms with Gasteiger partial charge in [-0.15, -0.1) is 0 Å². The smallest absolute Gasteiger partial charge is 0.269 e. The van der Waals surface area contributed by atoms with Crippen molar-refractivity contribution in [3.63, 3.8) is 0 Å². The number of amides is 2. The van der Waals surface area contributed by atoms with Gasteiger partial charge in [-0.2, -0.15) is 0 Å². The lowest BCUT2D eigenvalue weighted by atomic mass is 10.1. The molecule has 2 aromatic carbocycles. The van der Waals surface area contributed by atoms with E-state index in [0.29, 0.717) is 24.7 Å². The topological polar surface area (TPSA) is 123 Å². The van der Waals surface area contributed by atoms with Gasteiger partial charge in [0.2, 0.25) is 5.91 Å². The number of rotatable bonds is 6. The molecule has 2 aromatic rings. The van der Waals surface area contributed by atoms with E-state index in [4.69, 9.17) is 9.47 Å². The summed E-state index contributed by atoms with van der Waals surface area (Å²) in [5.41, 5.74) is 5.03. The van der Waals surface area contributed by atoms with Crippen molar-refractivity contribution in [1.29, 1.82) is 0 Å². The third-order valence-electron chi connectivity index (χ3n) is 4.11. The van der Waals surface area contributed by atoms with Crippen molar-refractivity contribution in [2.45, 2.75) is 25.2 Å². The summed E-state index contributed by atoms with van der Waals surface area (Å²) in [6.07, 6.45) is 0.273. The highest BCUT2D eigenvalue weighted by Crippen LogP contribution is 2.32. The van der Waals surface area contributed by atoms with Gasteiger partial charge in [0.15, 0.2) is 11.5 Å². The van der Waals surface area contributed by atoms with Gasteiger partial charge in [-0.05, 0) is 36.2 Å². The summed E-state index contributed by atoms with van der Waals surface area (Å²) >= 11 is 0. The molecular weight excluding hydrogens is 410 g/mol. The molecule has 0 atom stereocenters. The second-order valence-electron chi connectivity index (χ2n) is 7.09. The monoisotopic (exact) mass is 433 g/mol. The second-order valence-corrected chi connectivity index (χ2v) is 8.77. The van der Waals surface area contributed by atoms with E-state index in [1.165, 1.54) is 42.5 Å². The molecule has 0 aliphatic carbocycles. The molecule has 0 unspecified atom stereocenters. The maximum Gasteiger partial charge on any atom is 0.269 e. The Labute approximate surface area is 174 Å². The average Bonchev–Trinajstić information content (AvgIpc) is 2.71. The minimum absolute atomic E-state index is 0.00236. The van der Waals surface area contributed by atoms with Crippen molar-refractivity contribution in [2.24, 2.45) is 5.92 Å². The quantitative estimate of drug-likeness (QED) is 0.600. The molecule has 0 saturated heterocycles. The van der Waals surface area contributed by atoms with Crippen LogP contribution in [0, 0.1) is 5.92 Å². The van der Waals surface area contributed by atoms with Crippen molar-refractivity contribution >= 4 is 27.5 Å². The number of hydrogen-bond acceptors (Lipinski definition) is 6. The third kappa shape index (κ3) is 5.41. The van der Waals surface area contributed by atoms with Crippen LogP contribution in [-0.2, 0) is 14.8 Å². The van der Waals surface area contributed by atoms with Crippen LogP contribution in [-0.4, -0.2) is 33.4 Å². The number of carbonyl (C=O) groups excluding carboxylic acids is 2. The van der Waals surface area contributed by atoms with Crippen LogP contribution in [0.15, 0.2) is 47.4 Å². The standard InChI is InChI=1S/C20H23N3O6S/c1-13(2)10-19(24)21-22-20(25)14-4-3-5-15(11-14)23-30(26,27)16-6-7-17-18(12-16)29-9-8-28-17/h3-7,11-13,23H,8-10H2,1-2H3,(H,21,24)(H,22,25). The molecule has 0 bridgehead atoms. The summed E-state index contributed by atoms with van der Waals surface area (Å²) in [7, 11) is -3.92. The Kier molecular flexibility index (Phi) is 6.46. The van der Waals surface area contributed by atoms with Gasteiger partial charge in [0.05, 0.1) is 4.90 Å². The summed E-state index contributed by atoms with van der Waals surface area (Å²) in [4.78, 5) is 23.9. The van der Waals surface area contributed by atoms with Gasteiger partial charge in [0.1, 0.15) is 13.2 Å². The van der Waals surface area contributed by atoms with Crippen molar-refractivity contribution in [1.82, 2.24) is 10.9 Å². The van der Waals surface area contributed by atoms with E-state index in [9.17, 15) is 18.0 Å². The maximum absolute atomic E-state index is 12.7. The summed E-state index contributed by atoms with van der Waals surface area (Å²) < 4.78 is 38.7. The first-order valence-electron chi connectivity index (χ1n) is 9.36. The molecule has 0 radical (unpaired) electrons. The first-order chi connectivity index (χ1) is 14.2. The maximum atomic E-state index is 12.7. The number of fused-ring (bicyclic) bond motifs is 1. The molecule has 0 aromatic heterocycles. The molecule has 3 N–H and O–H groups in total. The molecule has 1 heterocycles. The van der Waals surface area contributed by atoms with Crippen LogP contribution >= 0.6 is 0 Å². The van der Waals surface area contributed by atoms with E-state index in [1.807, 2.05) is 13.8 Å². The number of hydrogen-bond donors (Lipinski definition) is 3. The van der Waals surface area contributed by atoms with Crippen LogP contribution in [0.1, 0.15) is 30.6 Å². The minimum atomic E-state index is -3.92. The third-order valence-corrected chi connectivity index (χ3v) is 5.49. The molecule has 30 heavy (non-hydrogen) atoms. The van der Waals surface area contributed by atoms with Gasteiger partial charge >= 0.3 is 0 Å². The van der Waals surface area contributed by atoms with E-state index in [-0.39, 0.29) is 34.4 Å². The molecule has 1 aliphatic rings. The Morgan fingerprint density at radius 2 is 1.73 bits per heavy atom. The fraction of sp³-hybridized carbons (Fsp3) is 0.300. The predicted molar refractivity (Wildman–Crippen MR) is 110 cm³/mol. The summed E-state index contributed by atoms with van der Waals surface area (Å²) in [5.74, 6) is 0.120. The average molecular weight is 433 g/mol. The van der Waals surface area contributed by atoms with Crippen molar-refractivity contribution in [2.75, 3.05) is 17.9 Å². The lowest BCUT2D eigenvalue weighted by Crippen LogP contribution is -2.42. The van der Waals surface area contributed by atoms with Crippen LogP contribution in [0.2, 0.25) is 0 Å². The van der Waals surface area contributed by atoms with Crippen molar-refractivity contribution < 1.29 is 27.5 Å². The van der Waals surface area contributed by atoms with E-state index in [2.05, 4.69) is 15.6 Å². The molecule has 9 nitrogen and oxygen atoms in total. The molecule has 160 valence electrons. The van der Waals surface area contributed by atoms with E-state index < -0.39 is 15.9 Å². The van der Waals surface area contributed by atoms with Crippen LogP contribution in [0.5, 0.6) is 11.5 Å². The van der Waals surface area contributed by atoms with Gasteiger partial charge in [0, 0.05) is 23.7 Å². The van der Waals surface area contributed by atoms with Crippen molar-refractivity contribution in [3.05, 3.63) is 48.0 Å². The molecule has 10 heteroatoms. The van der Waals surface area contributed by atoms with Gasteiger partial charge in [-0.1, -0.05) is 19.9 Å². The molecular formula is C20H23N3O6S. The Morgan fingerprint density at radius 3 is 2.47 bits per heavy atom. The zero-order valence-electron chi connectivity index (χ0n) is 16.6. The summed E-state index contributed by atoms with van der Waals surface area (Å²) in [6.45, 7) is 4.52. The van der Waals surface area contributed by atoms with E-state index >= 15 is 0 Å². The van der Waals surface area contributed by atoms with Gasteiger partial charge in [-0.25, -0.2) is 8.42 Å². The van der Waals surface area contributed by atoms with Crippen LogP contribution in [0.25, 0.3) is 0 Å². The van der Waals surface area contributed by atoms with Gasteiger partial charge in [-0.3, -0.25) is 25.2 Å². The number of ether oxygens (including phenoxy) is 2. The number of carbonyl (C=O) groups is 2. The summed E-state index contributed by atoms with van der Waals surface area (Å²) in [6, 6.07) is 10.3. The summed E-state index contributed by atoms with van der Waals surface area (Å²) in [5, 5.41) is 0. The lowest BCUT2D eigenvalue weighted by Gasteiger charge is -2.19. The zero-order chi connectivity index (χ0) is 21.7. The Morgan fingerprint density at radius 1 is 1.00 bits per heavy atom. The SMILES string of the molecule is CC(C)CC(=O)NNC(=O)c1cccc(NS(=O)(=O)c2ccc3c(c2)OCCO3)c1. The normalized spacial score (nSPS) is 12.9. The minimum Gasteiger partial charge on any atom is -0.486 e. The highest BCUT2D eigenvalue weighted by Gasteiger charge is 2.20. The van der Waals surface area contributed by atoms with E-state index in [1.54, 1.807) is 0 Å². The van der Waals surface area contributed by atoms with Gasteiger partial charge in [0.25, 0.3) is 15.9 Å². The van der Waals surface area contributed by atoms with Crippen LogP contribution in [0.3, 0.4) is 0 Å². The number of sulfonamides is 1. The number of benzene rings is 2. The highest BCUT2D eigenvalue weighted by molar-refractivity contribution is 7.92. The molecule has 2 amide bonds. The lowest BCUT2D eigenvalue weighted by molar-refractivity contribution is -0.122. The predicted octanol–water partition coefficient (Wildman–Crippen LogP) is 2.07. The second kappa shape index (κ2) is 9.04. The fourth-order valence-corrected chi connectivity index (χ4v) is 3.81. The number of hydrazine groups is 1. The zero-order valence-corrected chi connectivity index (χ0v) is 17.4. The number of nitrogens with one attached hydrogen (secondary N) is 3. The molecule has 1 aliphatic heterocycles.